The molecule has 0 unspecified atom stereocenters. The molecule has 1 saturated heterocycles. The van der Waals surface area contributed by atoms with Gasteiger partial charge in [0.05, 0.1) is 11.7 Å². The van der Waals surface area contributed by atoms with Crippen molar-refractivity contribution < 1.29 is 9.31 Å². The van der Waals surface area contributed by atoms with Crippen molar-refractivity contribution >= 4 is 7.12 Å². The van der Waals surface area contributed by atoms with E-state index in [9.17, 15) is 0 Å². The second-order valence-electron chi connectivity index (χ2n) is 8.17. The van der Waals surface area contributed by atoms with E-state index in [0.717, 1.165) is 5.92 Å². The molecule has 0 amide bonds. The summed E-state index contributed by atoms with van der Waals surface area (Å²) >= 11 is 0. The standard InChI is InChI=1S/C14H25BO2/c1-12(2,3)15-16-11-8-9-7-10(13(9,4)5)14(11,6)17-15/h9-11H,7-8H2,1-6H3/t9-,10-,11+,14-/m1/s1. The summed E-state index contributed by atoms with van der Waals surface area (Å²) in [5.41, 5.74) is 0.400. The Morgan fingerprint density at radius 3 is 2.29 bits per heavy atom. The molecule has 3 heteroatoms. The van der Waals surface area contributed by atoms with Crippen LogP contribution in [-0.4, -0.2) is 18.8 Å². The number of hydrogen-bond acceptors (Lipinski definition) is 2. The van der Waals surface area contributed by atoms with Crippen molar-refractivity contribution in [1.82, 2.24) is 0 Å². The van der Waals surface area contributed by atoms with Gasteiger partial charge in [0.25, 0.3) is 0 Å². The molecule has 1 heterocycles. The predicted molar refractivity (Wildman–Crippen MR) is 69.8 cm³/mol. The van der Waals surface area contributed by atoms with Gasteiger partial charge in [0, 0.05) is 0 Å². The molecule has 0 N–H and O–H groups in total. The van der Waals surface area contributed by atoms with Crippen LogP contribution in [0.3, 0.4) is 0 Å². The van der Waals surface area contributed by atoms with Gasteiger partial charge < -0.3 is 9.31 Å². The van der Waals surface area contributed by atoms with Gasteiger partial charge in [0.2, 0.25) is 0 Å². The first-order chi connectivity index (χ1) is 7.65. The van der Waals surface area contributed by atoms with Crippen molar-refractivity contribution in [3.8, 4) is 0 Å². The van der Waals surface area contributed by atoms with Crippen LogP contribution < -0.4 is 0 Å². The van der Waals surface area contributed by atoms with Crippen LogP contribution >= 0.6 is 0 Å². The molecule has 3 aliphatic carbocycles. The molecule has 17 heavy (non-hydrogen) atoms. The van der Waals surface area contributed by atoms with Crippen molar-refractivity contribution in [2.75, 3.05) is 0 Å². The van der Waals surface area contributed by atoms with E-state index in [0.29, 0.717) is 17.4 Å². The van der Waals surface area contributed by atoms with Crippen LogP contribution in [0.5, 0.6) is 0 Å². The maximum atomic E-state index is 6.38. The Bertz CT molecular complexity index is 347. The van der Waals surface area contributed by atoms with Gasteiger partial charge in [-0.15, -0.1) is 0 Å². The molecule has 96 valence electrons. The highest BCUT2D eigenvalue weighted by Gasteiger charge is 2.68. The first kappa shape index (κ1) is 12.0. The third-order valence-corrected chi connectivity index (χ3v) is 5.66. The number of hydrogen-bond donors (Lipinski definition) is 0. The maximum Gasteiger partial charge on any atom is 0.463 e. The van der Waals surface area contributed by atoms with Crippen molar-refractivity contribution in [3.05, 3.63) is 0 Å². The van der Waals surface area contributed by atoms with Gasteiger partial charge in [-0.2, -0.15) is 0 Å². The molecule has 3 saturated carbocycles. The van der Waals surface area contributed by atoms with Crippen LogP contribution in [-0.2, 0) is 9.31 Å². The van der Waals surface area contributed by atoms with Gasteiger partial charge in [-0.1, -0.05) is 34.6 Å². The molecular weight excluding hydrogens is 211 g/mol. The van der Waals surface area contributed by atoms with Gasteiger partial charge >= 0.3 is 7.12 Å². The summed E-state index contributed by atoms with van der Waals surface area (Å²) in [5, 5.41) is 0.0783. The topological polar surface area (TPSA) is 18.5 Å². The monoisotopic (exact) mass is 236 g/mol. The van der Waals surface area contributed by atoms with Gasteiger partial charge in [-0.05, 0) is 42.3 Å². The Balaban J connectivity index is 1.87. The Hall–Kier alpha value is -0.0151. The summed E-state index contributed by atoms with van der Waals surface area (Å²) in [4.78, 5) is 0. The fourth-order valence-corrected chi connectivity index (χ4v) is 4.24. The van der Waals surface area contributed by atoms with Gasteiger partial charge in [-0.3, -0.25) is 0 Å². The lowest BCUT2D eigenvalue weighted by Crippen LogP contribution is -2.65. The zero-order valence-electron chi connectivity index (χ0n) is 12.0. The molecule has 4 atom stereocenters. The van der Waals surface area contributed by atoms with Crippen molar-refractivity contribution in [1.29, 1.82) is 0 Å². The Labute approximate surface area is 106 Å². The van der Waals surface area contributed by atoms with Crippen molar-refractivity contribution in [3.63, 3.8) is 0 Å². The van der Waals surface area contributed by atoms with E-state index in [1.165, 1.54) is 12.8 Å². The average Bonchev–Trinajstić information content (AvgIpc) is 2.53. The highest BCUT2D eigenvalue weighted by atomic mass is 16.7. The zero-order chi connectivity index (χ0) is 12.6. The Kier molecular flexibility index (Phi) is 2.20. The molecule has 0 spiro atoms. The van der Waals surface area contributed by atoms with E-state index >= 15 is 0 Å². The molecule has 0 aromatic rings. The maximum absolute atomic E-state index is 6.38. The molecule has 2 bridgehead atoms. The Morgan fingerprint density at radius 2 is 1.76 bits per heavy atom. The minimum absolute atomic E-state index is 0.0346. The van der Waals surface area contributed by atoms with E-state index in [2.05, 4.69) is 41.5 Å². The van der Waals surface area contributed by atoms with E-state index in [1.807, 2.05) is 0 Å². The molecule has 2 nitrogen and oxygen atoms in total. The molecule has 1 aliphatic heterocycles. The summed E-state index contributed by atoms with van der Waals surface area (Å²) in [5.74, 6) is 1.51. The average molecular weight is 236 g/mol. The smallest absolute Gasteiger partial charge is 0.405 e. The second kappa shape index (κ2) is 3.11. The lowest BCUT2D eigenvalue weighted by molar-refractivity contribution is -0.199. The zero-order valence-corrected chi connectivity index (χ0v) is 12.0. The summed E-state index contributed by atoms with van der Waals surface area (Å²) in [6.07, 6.45) is 2.84. The molecular formula is C14H25BO2. The third-order valence-electron chi connectivity index (χ3n) is 5.66. The number of rotatable bonds is 0. The summed E-state index contributed by atoms with van der Waals surface area (Å²) in [6, 6.07) is 0. The molecule has 4 rings (SSSR count). The van der Waals surface area contributed by atoms with E-state index in [-0.39, 0.29) is 18.0 Å². The highest BCUT2D eigenvalue weighted by Crippen LogP contribution is 2.66. The van der Waals surface area contributed by atoms with Crippen LogP contribution in [0, 0.1) is 17.3 Å². The van der Waals surface area contributed by atoms with Gasteiger partial charge in [-0.25, -0.2) is 0 Å². The normalized spacial score (nSPS) is 47.6. The fraction of sp³-hybridized carbons (Fsp3) is 1.00. The van der Waals surface area contributed by atoms with Crippen LogP contribution in [0.2, 0.25) is 5.31 Å². The second-order valence-corrected chi connectivity index (χ2v) is 8.17. The predicted octanol–water partition coefficient (Wildman–Crippen LogP) is 3.51. The van der Waals surface area contributed by atoms with E-state index in [1.54, 1.807) is 0 Å². The first-order valence-corrected chi connectivity index (χ1v) is 6.99. The summed E-state index contributed by atoms with van der Waals surface area (Å²) < 4.78 is 12.6. The van der Waals surface area contributed by atoms with Crippen LogP contribution in [0.1, 0.15) is 54.4 Å². The quantitative estimate of drug-likeness (QED) is 0.599. The molecule has 0 aromatic carbocycles. The van der Waals surface area contributed by atoms with Crippen LogP contribution in [0.4, 0.5) is 0 Å². The minimum atomic E-state index is -0.0454. The largest absolute Gasteiger partial charge is 0.463 e. The lowest BCUT2D eigenvalue weighted by atomic mass is 9.43. The van der Waals surface area contributed by atoms with Crippen LogP contribution in [0.15, 0.2) is 0 Å². The fourth-order valence-electron chi connectivity index (χ4n) is 4.24. The summed E-state index contributed by atoms with van der Waals surface area (Å²) in [6.45, 7) is 13.7. The molecule has 4 fully saturated rings. The minimum Gasteiger partial charge on any atom is -0.405 e. The van der Waals surface area contributed by atoms with E-state index in [4.69, 9.17) is 9.31 Å². The summed E-state index contributed by atoms with van der Waals surface area (Å²) in [7, 11) is -0.0346. The molecule has 0 aromatic heterocycles. The van der Waals surface area contributed by atoms with Gasteiger partial charge in [0.1, 0.15) is 0 Å². The molecule has 4 aliphatic rings. The van der Waals surface area contributed by atoms with Crippen molar-refractivity contribution in [2.24, 2.45) is 17.3 Å². The highest BCUT2D eigenvalue weighted by molar-refractivity contribution is 6.49. The third kappa shape index (κ3) is 1.42. The van der Waals surface area contributed by atoms with E-state index < -0.39 is 0 Å². The van der Waals surface area contributed by atoms with Crippen LogP contribution in [0.25, 0.3) is 0 Å². The van der Waals surface area contributed by atoms with Gasteiger partial charge in [0.15, 0.2) is 0 Å². The molecule has 0 radical (unpaired) electrons. The first-order valence-electron chi connectivity index (χ1n) is 6.99. The lowest BCUT2D eigenvalue weighted by Gasteiger charge is -2.64. The SMILES string of the molecule is CC(C)(C)B1O[C@H]2C[C@H]3C[C@H](C3(C)C)[C@@]2(C)O1. The Morgan fingerprint density at radius 1 is 1.12 bits per heavy atom. The van der Waals surface area contributed by atoms with Crippen molar-refractivity contribution in [2.45, 2.75) is 71.4 Å².